The molecule has 0 fully saturated rings. The molecule has 8 nitrogen and oxygen atoms in total. The average molecular weight is 250 g/mol. The first-order valence-electron chi connectivity index (χ1n) is 4.64. The number of aromatic nitrogens is 2. The molecule has 0 bridgehead atoms. The van der Waals surface area contributed by atoms with E-state index in [0.717, 1.165) is 6.07 Å². The minimum absolute atomic E-state index is 0.0785. The van der Waals surface area contributed by atoms with Crippen LogP contribution in [0.15, 0.2) is 12.1 Å². The highest BCUT2D eigenvalue weighted by Gasteiger charge is 2.22. The van der Waals surface area contributed by atoms with Crippen molar-refractivity contribution in [1.29, 1.82) is 0 Å². The number of rotatable bonds is 3. The molecule has 1 aromatic heterocycles. The maximum Gasteiger partial charge on any atom is 0.371 e. The van der Waals surface area contributed by atoms with Gasteiger partial charge in [-0.2, -0.15) is 0 Å². The first-order valence-corrected chi connectivity index (χ1v) is 4.64. The van der Waals surface area contributed by atoms with Crippen molar-refractivity contribution >= 4 is 28.9 Å². The minimum Gasteiger partial charge on any atom is -0.478 e. The molecule has 1 aromatic carbocycles. The van der Waals surface area contributed by atoms with Crippen LogP contribution in [-0.2, 0) is 0 Å². The monoisotopic (exact) mass is 250 g/mol. The maximum atomic E-state index is 11.1. The van der Waals surface area contributed by atoms with Crippen molar-refractivity contribution in [3.8, 4) is 0 Å². The molecule has 18 heavy (non-hydrogen) atoms. The Labute approximate surface area is 98.5 Å². The van der Waals surface area contributed by atoms with Crippen LogP contribution in [0.1, 0.15) is 31.3 Å². The smallest absolute Gasteiger partial charge is 0.371 e. The van der Waals surface area contributed by atoms with Crippen molar-refractivity contribution in [3.05, 3.63) is 29.1 Å². The number of H-pyrrole nitrogens is 1. The maximum absolute atomic E-state index is 11.1. The molecule has 0 spiro atoms. The molecule has 92 valence electrons. The van der Waals surface area contributed by atoms with E-state index in [0.29, 0.717) is 0 Å². The lowest BCUT2D eigenvalue weighted by Gasteiger charge is -2.01. The Balaban J connectivity index is 2.85. The van der Waals surface area contributed by atoms with Crippen LogP contribution in [0.25, 0.3) is 11.0 Å². The second-order valence-electron chi connectivity index (χ2n) is 3.38. The highest BCUT2D eigenvalue weighted by molar-refractivity contribution is 6.10. The Kier molecular flexibility index (Phi) is 2.47. The molecule has 0 aliphatic carbocycles. The summed E-state index contributed by atoms with van der Waals surface area (Å²) in [4.78, 5) is 38.6. The molecule has 0 radical (unpaired) electrons. The summed E-state index contributed by atoms with van der Waals surface area (Å²) in [5.74, 6) is -4.70. The summed E-state index contributed by atoms with van der Waals surface area (Å²) in [6.45, 7) is 0. The third-order valence-electron chi connectivity index (χ3n) is 2.31. The van der Waals surface area contributed by atoms with Gasteiger partial charge in [0.15, 0.2) is 0 Å². The predicted octanol–water partition coefficient (Wildman–Crippen LogP) is 0.657. The molecule has 4 N–H and O–H groups in total. The van der Waals surface area contributed by atoms with Crippen molar-refractivity contribution in [2.24, 2.45) is 0 Å². The molecule has 0 saturated carbocycles. The van der Waals surface area contributed by atoms with E-state index in [1.165, 1.54) is 6.07 Å². The number of nitrogens with zero attached hydrogens (tertiary/aromatic N) is 1. The zero-order valence-electron chi connectivity index (χ0n) is 8.67. The number of aromatic amines is 1. The number of hydrogen-bond acceptors (Lipinski definition) is 4. The number of carbonyl (C=O) groups is 3. The molecule has 2 aromatic rings. The number of nitrogens with one attached hydrogen (secondary N) is 1. The molecular weight excluding hydrogens is 244 g/mol. The third kappa shape index (κ3) is 1.65. The Bertz CT molecular complexity index is 687. The highest BCUT2D eigenvalue weighted by Crippen LogP contribution is 2.21. The fourth-order valence-corrected chi connectivity index (χ4v) is 1.58. The molecular formula is C10H6N2O6. The first-order chi connectivity index (χ1) is 8.41. The Morgan fingerprint density at radius 1 is 1.00 bits per heavy atom. The van der Waals surface area contributed by atoms with Gasteiger partial charge in [0.2, 0.25) is 5.82 Å². The van der Waals surface area contributed by atoms with E-state index in [1.54, 1.807) is 0 Å². The first kappa shape index (κ1) is 11.6. The fourth-order valence-electron chi connectivity index (χ4n) is 1.58. The molecule has 0 aliphatic heterocycles. The van der Waals surface area contributed by atoms with Gasteiger partial charge in [-0.1, -0.05) is 0 Å². The van der Waals surface area contributed by atoms with E-state index in [2.05, 4.69) is 9.97 Å². The van der Waals surface area contributed by atoms with Crippen LogP contribution in [-0.4, -0.2) is 43.2 Å². The summed E-state index contributed by atoms with van der Waals surface area (Å²) in [7, 11) is 0. The number of benzene rings is 1. The Morgan fingerprint density at radius 2 is 1.67 bits per heavy atom. The van der Waals surface area contributed by atoms with Crippen LogP contribution in [0.4, 0.5) is 0 Å². The lowest BCUT2D eigenvalue weighted by molar-refractivity contribution is 0.0653. The van der Waals surface area contributed by atoms with Gasteiger partial charge in [0.05, 0.1) is 22.2 Å². The molecule has 0 aliphatic rings. The second kappa shape index (κ2) is 3.84. The van der Waals surface area contributed by atoms with Gasteiger partial charge in [-0.15, -0.1) is 0 Å². The van der Waals surface area contributed by atoms with Gasteiger partial charge in [0.1, 0.15) is 0 Å². The normalized spacial score (nSPS) is 10.4. The molecule has 2 rings (SSSR count). The molecule has 0 unspecified atom stereocenters. The number of carboxylic acids is 3. The Morgan fingerprint density at radius 3 is 2.17 bits per heavy atom. The van der Waals surface area contributed by atoms with Crippen molar-refractivity contribution in [1.82, 2.24) is 9.97 Å². The number of aromatic carboxylic acids is 3. The molecule has 1 heterocycles. The van der Waals surface area contributed by atoms with Gasteiger partial charge in [0.25, 0.3) is 0 Å². The summed E-state index contributed by atoms with van der Waals surface area (Å²) < 4.78 is 0. The van der Waals surface area contributed by atoms with Crippen LogP contribution in [0.2, 0.25) is 0 Å². The largest absolute Gasteiger partial charge is 0.478 e. The highest BCUT2D eigenvalue weighted by atomic mass is 16.4. The van der Waals surface area contributed by atoms with Gasteiger partial charge in [-0.3, -0.25) is 0 Å². The van der Waals surface area contributed by atoms with Crippen LogP contribution >= 0.6 is 0 Å². The summed E-state index contributed by atoms with van der Waals surface area (Å²) in [6.07, 6.45) is 0. The van der Waals surface area contributed by atoms with E-state index in [4.69, 9.17) is 15.3 Å². The molecule has 8 heteroatoms. The van der Waals surface area contributed by atoms with Crippen molar-refractivity contribution < 1.29 is 29.7 Å². The molecule has 0 amide bonds. The minimum atomic E-state index is -1.47. The zero-order chi connectivity index (χ0) is 13.4. The van der Waals surface area contributed by atoms with Gasteiger partial charge in [-0.05, 0) is 12.1 Å². The standard InChI is InChI=1S/C10H6N2O6/c13-8(14)3-1-2-4-6(5(3)9(15)16)12-7(11-4)10(17)18/h1-2H,(H,11,12)(H,13,14)(H,15,16)(H,17,18). The third-order valence-corrected chi connectivity index (χ3v) is 2.31. The number of fused-ring (bicyclic) bond motifs is 1. The van der Waals surface area contributed by atoms with Gasteiger partial charge >= 0.3 is 17.9 Å². The van der Waals surface area contributed by atoms with Crippen molar-refractivity contribution in [3.63, 3.8) is 0 Å². The topological polar surface area (TPSA) is 141 Å². The van der Waals surface area contributed by atoms with E-state index in [9.17, 15) is 14.4 Å². The number of imidazole rings is 1. The summed E-state index contributed by atoms with van der Waals surface area (Å²) >= 11 is 0. The number of carboxylic acid groups (broad SMARTS) is 3. The zero-order valence-corrected chi connectivity index (χ0v) is 8.67. The summed E-state index contributed by atoms with van der Waals surface area (Å²) in [5, 5.41) is 26.6. The van der Waals surface area contributed by atoms with Crippen LogP contribution < -0.4 is 0 Å². The van der Waals surface area contributed by atoms with E-state index < -0.39 is 34.9 Å². The van der Waals surface area contributed by atoms with Gasteiger partial charge in [0, 0.05) is 0 Å². The second-order valence-corrected chi connectivity index (χ2v) is 3.38. The molecule has 0 atom stereocenters. The quantitative estimate of drug-likeness (QED) is 0.626. The van der Waals surface area contributed by atoms with E-state index >= 15 is 0 Å². The van der Waals surface area contributed by atoms with Crippen LogP contribution in [0.5, 0.6) is 0 Å². The Hall–Kier alpha value is -2.90. The van der Waals surface area contributed by atoms with Crippen LogP contribution in [0, 0.1) is 0 Å². The van der Waals surface area contributed by atoms with Gasteiger partial charge in [-0.25, -0.2) is 19.4 Å². The summed E-state index contributed by atoms with van der Waals surface area (Å²) in [5.41, 5.74) is -0.995. The van der Waals surface area contributed by atoms with E-state index in [-0.39, 0.29) is 11.0 Å². The molecule has 0 saturated heterocycles. The lowest BCUT2D eigenvalue weighted by atomic mass is 10.1. The lowest BCUT2D eigenvalue weighted by Crippen LogP contribution is -2.08. The van der Waals surface area contributed by atoms with Gasteiger partial charge < -0.3 is 20.3 Å². The predicted molar refractivity (Wildman–Crippen MR) is 57.0 cm³/mol. The average Bonchev–Trinajstić information content (AvgIpc) is 2.70. The fraction of sp³-hybridized carbons (Fsp3) is 0. The summed E-state index contributed by atoms with van der Waals surface area (Å²) in [6, 6.07) is 2.31. The number of hydrogen-bond donors (Lipinski definition) is 4. The van der Waals surface area contributed by atoms with Crippen molar-refractivity contribution in [2.75, 3.05) is 0 Å². The van der Waals surface area contributed by atoms with Crippen LogP contribution in [0.3, 0.4) is 0 Å². The SMILES string of the molecule is O=C(O)c1nc2ccc(C(=O)O)c(C(=O)O)c2[nH]1. The van der Waals surface area contributed by atoms with Crippen molar-refractivity contribution in [2.45, 2.75) is 0 Å². The van der Waals surface area contributed by atoms with E-state index in [1.807, 2.05) is 0 Å².